The zero-order valence-electron chi connectivity index (χ0n) is 9.46. The highest BCUT2D eigenvalue weighted by atomic mass is 16.4. The van der Waals surface area contributed by atoms with Crippen LogP contribution in [-0.2, 0) is 0 Å². The first-order valence-electron chi connectivity index (χ1n) is 5.27. The number of para-hydroxylation sites is 1. The molecule has 1 heterocycles. The molecular formula is C13H13N3O. The maximum atomic E-state index is 8.47. The Morgan fingerprint density at radius 3 is 2.59 bits per heavy atom. The molecule has 0 radical (unpaired) electrons. The number of pyridine rings is 1. The number of rotatable bonds is 3. The van der Waals surface area contributed by atoms with Gasteiger partial charge in [0, 0.05) is 16.9 Å². The molecule has 0 fully saturated rings. The van der Waals surface area contributed by atoms with Crippen LogP contribution >= 0.6 is 0 Å². The van der Waals surface area contributed by atoms with Gasteiger partial charge in [-0.05, 0) is 31.2 Å². The molecule has 0 atom stereocenters. The van der Waals surface area contributed by atoms with Gasteiger partial charge in [-0.3, -0.25) is 0 Å². The number of oxime groups is 1. The van der Waals surface area contributed by atoms with E-state index in [1.54, 1.807) is 0 Å². The molecule has 0 aliphatic heterocycles. The van der Waals surface area contributed by atoms with Gasteiger partial charge in [0.05, 0.1) is 6.21 Å². The molecule has 0 amide bonds. The van der Waals surface area contributed by atoms with E-state index in [-0.39, 0.29) is 0 Å². The lowest BCUT2D eigenvalue weighted by atomic mass is 10.2. The second-order valence-corrected chi connectivity index (χ2v) is 3.61. The lowest BCUT2D eigenvalue weighted by Gasteiger charge is -2.07. The number of nitrogens with one attached hydrogen (secondary N) is 1. The van der Waals surface area contributed by atoms with Crippen LogP contribution in [-0.4, -0.2) is 16.4 Å². The largest absolute Gasteiger partial charge is 0.411 e. The van der Waals surface area contributed by atoms with Gasteiger partial charge in [-0.1, -0.05) is 23.4 Å². The first kappa shape index (κ1) is 11.1. The fraction of sp³-hybridized carbons (Fsp3) is 0.0769. The Hall–Kier alpha value is -2.36. The number of hydrogen-bond acceptors (Lipinski definition) is 4. The summed E-state index contributed by atoms with van der Waals surface area (Å²) in [5.41, 5.74) is 2.60. The molecule has 0 unspecified atom stereocenters. The Morgan fingerprint density at radius 1 is 1.18 bits per heavy atom. The fourth-order valence-corrected chi connectivity index (χ4v) is 1.51. The molecular weight excluding hydrogens is 214 g/mol. The highest BCUT2D eigenvalue weighted by Gasteiger charge is 2.00. The van der Waals surface area contributed by atoms with Crippen LogP contribution in [0.5, 0.6) is 0 Å². The molecule has 0 aliphatic carbocycles. The molecule has 1 aromatic carbocycles. The zero-order valence-corrected chi connectivity index (χ0v) is 9.46. The van der Waals surface area contributed by atoms with Crippen molar-refractivity contribution in [3.05, 3.63) is 53.7 Å². The minimum absolute atomic E-state index is 0.767. The van der Waals surface area contributed by atoms with Crippen molar-refractivity contribution in [2.75, 3.05) is 5.32 Å². The summed E-state index contributed by atoms with van der Waals surface area (Å²) >= 11 is 0. The van der Waals surface area contributed by atoms with Crippen molar-refractivity contribution in [3.63, 3.8) is 0 Å². The SMILES string of the molecule is Cc1nc(Nc2ccccc2)ccc1/C=N/O. The molecule has 0 saturated carbocycles. The first-order valence-corrected chi connectivity index (χ1v) is 5.27. The maximum absolute atomic E-state index is 8.47. The summed E-state index contributed by atoms with van der Waals surface area (Å²) < 4.78 is 0. The summed E-state index contributed by atoms with van der Waals surface area (Å²) in [6.07, 6.45) is 1.37. The van der Waals surface area contributed by atoms with Crippen molar-refractivity contribution in [1.82, 2.24) is 4.98 Å². The molecule has 2 rings (SSSR count). The van der Waals surface area contributed by atoms with E-state index in [1.807, 2.05) is 49.4 Å². The fourth-order valence-electron chi connectivity index (χ4n) is 1.51. The minimum atomic E-state index is 0.767. The molecule has 0 bridgehead atoms. The molecule has 0 spiro atoms. The van der Waals surface area contributed by atoms with Gasteiger partial charge in [0.2, 0.25) is 0 Å². The molecule has 4 nitrogen and oxygen atoms in total. The van der Waals surface area contributed by atoms with Gasteiger partial charge in [-0.2, -0.15) is 0 Å². The molecule has 2 aromatic rings. The Bertz CT molecular complexity index is 523. The molecule has 0 aliphatic rings. The van der Waals surface area contributed by atoms with Gasteiger partial charge in [-0.25, -0.2) is 4.98 Å². The lowest BCUT2D eigenvalue weighted by molar-refractivity contribution is 0.322. The summed E-state index contributed by atoms with van der Waals surface area (Å²) in [6.45, 7) is 1.87. The summed E-state index contributed by atoms with van der Waals surface area (Å²) in [4.78, 5) is 4.37. The first-order chi connectivity index (χ1) is 8.29. The van der Waals surface area contributed by atoms with Gasteiger partial charge in [0.15, 0.2) is 0 Å². The lowest BCUT2D eigenvalue weighted by Crippen LogP contribution is -1.97. The van der Waals surface area contributed by atoms with Crippen LogP contribution in [0.15, 0.2) is 47.6 Å². The third-order valence-corrected chi connectivity index (χ3v) is 2.37. The van der Waals surface area contributed by atoms with E-state index in [1.165, 1.54) is 6.21 Å². The topological polar surface area (TPSA) is 57.5 Å². The quantitative estimate of drug-likeness (QED) is 0.481. The number of aryl methyl sites for hydroxylation is 1. The Morgan fingerprint density at radius 2 is 1.94 bits per heavy atom. The molecule has 17 heavy (non-hydrogen) atoms. The van der Waals surface area contributed by atoms with Crippen LogP contribution in [0.1, 0.15) is 11.3 Å². The van der Waals surface area contributed by atoms with Gasteiger partial charge < -0.3 is 10.5 Å². The van der Waals surface area contributed by atoms with Crippen LogP contribution in [0, 0.1) is 6.92 Å². The molecule has 0 saturated heterocycles. The highest BCUT2D eigenvalue weighted by Crippen LogP contribution is 2.15. The number of nitrogens with zero attached hydrogens (tertiary/aromatic N) is 2. The predicted octanol–water partition coefficient (Wildman–Crippen LogP) is 2.94. The van der Waals surface area contributed by atoms with Gasteiger partial charge in [0.25, 0.3) is 0 Å². The summed E-state index contributed by atoms with van der Waals surface area (Å²) in [6, 6.07) is 13.5. The summed E-state index contributed by atoms with van der Waals surface area (Å²) in [5, 5.41) is 14.7. The number of aromatic nitrogens is 1. The van der Waals surface area contributed by atoms with E-state index >= 15 is 0 Å². The highest BCUT2D eigenvalue weighted by molar-refractivity contribution is 5.81. The Kier molecular flexibility index (Phi) is 3.35. The van der Waals surface area contributed by atoms with Gasteiger partial charge in [0.1, 0.15) is 5.82 Å². The van der Waals surface area contributed by atoms with E-state index in [0.717, 1.165) is 22.8 Å². The average molecular weight is 227 g/mol. The molecule has 2 N–H and O–H groups in total. The number of anilines is 2. The van der Waals surface area contributed by atoms with Crippen LogP contribution in [0.2, 0.25) is 0 Å². The number of benzene rings is 1. The van der Waals surface area contributed by atoms with Crippen molar-refractivity contribution < 1.29 is 5.21 Å². The van der Waals surface area contributed by atoms with E-state index < -0.39 is 0 Å². The molecule has 4 heteroatoms. The zero-order chi connectivity index (χ0) is 12.1. The van der Waals surface area contributed by atoms with E-state index in [2.05, 4.69) is 15.5 Å². The minimum Gasteiger partial charge on any atom is -0.411 e. The van der Waals surface area contributed by atoms with Crippen molar-refractivity contribution >= 4 is 17.7 Å². The standard InChI is InChI=1S/C13H13N3O/c1-10-11(9-14-17)7-8-13(15-10)16-12-5-3-2-4-6-12/h2-9,17H,1H3,(H,15,16)/b14-9+. The third kappa shape index (κ3) is 2.81. The number of hydrogen-bond donors (Lipinski definition) is 2. The van der Waals surface area contributed by atoms with Crippen molar-refractivity contribution in [3.8, 4) is 0 Å². The van der Waals surface area contributed by atoms with Crippen LogP contribution in [0.3, 0.4) is 0 Å². The second-order valence-electron chi connectivity index (χ2n) is 3.61. The van der Waals surface area contributed by atoms with Gasteiger partial charge >= 0.3 is 0 Å². The monoisotopic (exact) mass is 227 g/mol. The predicted molar refractivity (Wildman–Crippen MR) is 68.1 cm³/mol. The molecule has 86 valence electrons. The van der Waals surface area contributed by atoms with Crippen molar-refractivity contribution in [2.24, 2.45) is 5.16 Å². The van der Waals surface area contributed by atoms with E-state index in [9.17, 15) is 0 Å². The van der Waals surface area contributed by atoms with Crippen molar-refractivity contribution in [1.29, 1.82) is 0 Å². The van der Waals surface area contributed by atoms with Crippen LogP contribution in [0.25, 0.3) is 0 Å². The Labute approximate surface area is 99.6 Å². The normalized spacial score (nSPS) is 10.6. The van der Waals surface area contributed by atoms with E-state index in [0.29, 0.717) is 0 Å². The Balaban J connectivity index is 2.21. The summed E-state index contributed by atoms with van der Waals surface area (Å²) in [7, 11) is 0. The molecule has 1 aromatic heterocycles. The third-order valence-electron chi connectivity index (χ3n) is 2.37. The van der Waals surface area contributed by atoms with Crippen molar-refractivity contribution in [2.45, 2.75) is 6.92 Å². The van der Waals surface area contributed by atoms with Crippen LogP contribution in [0.4, 0.5) is 11.5 Å². The smallest absolute Gasteiger partial charge is 0.130 e. The van der Waals surface area contributed by atoms with Crippen LogP contribution < -0.4 is 5.32 Å². The second kappa shape index (κ2) is 5.12. The van der Waals surface area contributed by atoms with Gasteiger partial charge in [-0.15, -0.1) is 0 Å². The maximum Gasteiger partial charge on any atom is 0.130 e. The van der Waals surface area contributed by atoms with E-state index in [4.69, 9.17) is 5.21 Å². The summed E-state index contributed by atoms with van der Waals surface area (Å²) in [5.74, 6) is 0.767. The average Bonchev–Trinajstić information content (AvgIpc) is 2.34.